The smallest absolute Gasteiger partial charge is 0.318 e. The van der Waals surface area contributed by atoms with Gasteiger partial charge in [0.05, 0.1) is 6.54 Å². The van der Waals surface area contributed by atoms with Crippen molar-refractivity contribution in [1.82, 2.24) is 20.8 Å². The van der Waals surface area contributed by atoms with Gasteiger partial charge in [0.25, 0.3) is 0 Å². The van der Waals surface area contributed by atoms with Crippen molar-refractivity contribution < 1.29 is 9.21 Å². The summed E-state index contributed by atoms with van der Waals surface area (Å²) in [5.41, 5.74) is 0. The number of hydrogen-bond acceptors (Lipinski definition) is 6. The lowest BCUT2D eigenvalue weighted by Gasteiger charge is -2.16. The normalized spacial score (nSPS) is 10.7. The molecule has 1 rings (SSSR count). The molecule has 0 saturated heterocycles. The van der Waals surface area contributed by atoms with Crippen molar-refractivity contribution in [3.05, 3.63) is 5.89 Å². The molecule has 1 aromatic rings. The molecule has 0 aliphatic rings. The van der Waals surface area contributed by atoms with Gasteiger partial charge in [-0.1, -0.05) is 18.9 Å². The predicted molar refractivity (Wildman–Crippen MR) is 68.2 cm³/mol. The molecule has 0 spiro atoms. The van der Waals surface area contributed by atoms with Gasteiger partial charge in [0, 0.05) is 19.6 Å². The Bertz CT molecular complexity index is 377. The lowest BCUT2D eigenvalue weighted by atomic mass is 10.4. The fraction of sp³-hybridized carbons (Fsp3) is 0.727. The molecular weight excluding hydrogens is 234 g/mol. The number of carbonyl (C=O) groups is 1. The molecule has 102 valence electrons. The molecule has 0 atom stereocenters. The van der Waals surface area contributed by atoms with Gasteiger partial charge in [-0.2, -0.15) is 0 Å². The molecule has 0 radical (unpaired) electrons. The molecule has 0 aliphatic carbocycles. The highest BCUT2D eigenvalue weighted by Crippen LogP contribution is 2.11. The predicted octanol–water partition coefficient (Wildman–Crippen LogP) is 0.140. The third kappa shape index (κ3) is 4.33. The van der Waals surface area contributed by atoms with Crippen LogP contribution in [0.4, 0.5) is 6.01 Å². The second-order valence-corrected chi connectivity index (χ2v) is 4.20. The molecule has 0 saturated carbocycles. The zero-order valence-corrected chi connectivity index (χ0v) is 11.4. The van der Waals surface area contributed by atoms with E-state index in [1.54, 1.807) is 11.9 Å². The van der Waals surface area contributed by atoms with Gasteiger partial charge in [-0.25, -0.2) is 0 Å². The van der Waals surface area contributed by atoms with Crippen molar-refractivity contribution in [1.29, 1.82) is 0 Å². The van der Waals surface area contributed by atoms with E-state index in [-0.39, 0.29) is 12.5 Å². The van der Waals surface area contributed by atoms with Crippen molar-refractivity contribution >= 4 is 11.9 Å². The van der Waals surface area contributed by atoms with E-state index in [0.29, 0.717) is 31.0 Å². The van der Waals surface area contributed by atoms with Crippen molar-refractivity contribution in [3.63, 3.8) is 0 Å². The van der Waals surface area contributed by atoms with Gasteiger partial charge in [-0.15, -0.1) is 5.10 Å². The van der Waals surface area contributed by atoms with Crippen LogP contribution in [0.15, 0.2) is 4.42 Å². The number of rotatable bonds is 7. The third-order valence-corrected chi connectivity index (χ3v) is 2.38. The Balaban J connectivity index is 2.61. The highest BCUT2D eigenvalue weighted by atomic mass is 16.4. The zero-order chi connectivity index (χ0) is 13.5. The maximum Gasteiger partial charge on any atom is 0.318 e. The second kappa shape index (κ2) is 6.95. The van der Waals surface area contributed by atoms with Crippen LogP contribution in [0.1, 0.15) is 26.7 Å². The van der Waals surface area contributed by atoms with Crippen LogP contribution in [0.25, 0.3) is 0 Å². The van der Waals surface area contributed by atoms with Crippen LogP contribution in [0.2, 0.25) is 0 Å². The van der Waals surface area contributed by atoms with Gasteiger partial charge in [0.2, 0.25) is 11.8 Å². The van der Waals surface area contributed by atoms with Gasteiger partial charge in [-0.3, -0.25) is 4.79 Å². The van der Waals surface area contributed by atoms with E-state index in [9.17, 15) is 4.79 Å². The van der Waals surface area contributed by atoms with E-state index in [2.05, 4.69) is 20.8 Å². The first-order valence-corrected chi connectivity index (χ1v) is 6.08. The van der Waals surface area contributed by atoms with Crippen LogP contribution in [0.5, 0.6) is 0 Å². The fourth-order valence-electron chi connectivity index (χ4n) is 1.30. The van der Waals surface area contributed by atoms with Crippen molar-refractivity contribution in [2.45, 2.75) is 33.4 Å². The molecule has 0 unspecified atom stereocenters. The Morgan fingerprint density at radius 3 is 2.72 bits per heavy atom. The average molecular weight is 255 g/mol. The topological polar surface area (TPSA) is 83.3 Å². The molecule has 7 heteroatoms. The number of aromatic nitrogens is 2. The molecule has 1 heterocycles. The van der Waals surface area contributed by atoms with Gasteiger partial charge in [0.1, 0.15) is 6.54 Å². The summed E-state index contributed by atoms with van der Waals surface area (Å²) in [5.74, 6) is 0.436. The van der Waals surface area contributed by atoms with Crippen LogP contribution in [0, 0.1) is 0 Å². The summed E-state index contributed by atoms with van der Waals surface area (Å²) in [6.07, 6.45) is 0. The van der Waals surface area contributed by atoms with Crippen LogP contribution in [-0.4, -0.2) is 42.3 Å². The number of carbonyl (C=O) groups excluding carboxylic acids is 1. The van der Waals surface area contributed by atoms with E-state index in [1.807, 2.05) is 20.8 Å². The van der Waals surface area contributed by atoms with Gasteiger partial charge >= 0.3 is 6.01 Å². The van der Waals surface area contributed by atoms with Crippen LogP contribution in [0.3, 0.4) is 0 Å². The first kappa shape index (κ1) is 14.4. The summed E-state index contributed by atoms with van der Waals surface area (Å²) in [4.78, 5) is 13.0. The minimum Gasteiger partial charge on any atom is -0.407 e. The number of hydrogen-bond donors (Lipinski definition) is 2. The molecule has 1 aromatic heterocycles. The zero-order valence-electron chi connectivity index (χ0n) is 11.4. The number of nitrogens with one attached hydrogen (secondary N) is 2. The molecule has 0 aliphatic heterocycles. The number of likely N-dealkylation sites (N-methyl/N-ethyl adjacent to an activating group) is 2. The molecule has 0 bridgehead atoms. The summed E-state index contributed by atoms with van der Waals surface area (Å²) < 4.78 is 5.49. The van der Waals surface area contributed by atoms with Gasteiger partial charge in [0.15, 0.2) is 0 Å². The first-order valence-electron chi connectivity index (χ1n) is 6.08. The Morgan fingerprint density at radius 2 is 2.17 bits per heavy atom. The molecule has 2 N–H and O–H groups in total. The lowest BCUT2D eigenvalue weighted by molar-refractivity contribution is -0.119. The third-order valence-electron chi connectivity index (χ3n) is 2.38. The van der Waals surface area contributed by atoms with E-state index in [1.165, 1.54) is 0 Å². The maximum absolute atomic E-state index is 11.3. The first-order chi connectivity index (χ1) is 8.56. The van der Waals surface area contributed by atoms with Gasteiger partial charge < -0.3 is 20.0 Å². The number of nitrogens with zero attached hydrogens (tertiary/aromatic N) is 3. The van der Waals surface area contributed by atoms with Crippen molar-refractivity contribution in [2.24, 2.45) is 0 Å². The van der Waals surface area contributed by atoms with E-state index in [0.717, 1.165) is 0 Å². The summed E-state index contributed by atoms with van der Waals surface area (Å²) in [7, 11) is 1.60. The minimum absolute atomic E-state index is 0.0862. The summed E-state index contributed by atoms with van der Waals surface area (Å²) in [6.45, 7) is 7.39. The standard InChI is InChI=1S/C11H21N5O2/c1-5-16(7-9(17)12-4)11-15-14-10(18-11)6-13-8(2)3/h8,13H,5-7H2,1-4H3,(H,12,17). The summed E-state index contributed by atoms with van der Waals surface area (Å²) >= 11 is 0. The fourth-order valence-corrected chi connectivity index (χ4v) is 1.30. The highest BCUT2D eigenvalue weighted by molar-refractivity contribution is 5.80. The average Bonchev–Trinajstić information content (AvgIpc) is 2.81. The van der Waals surface area contributed by atoms with Crippen LogP contribution >= 0.6 is 0 Å². The monoisotopic (exact) mass is 255 g/mol. The Kier molecular flexibility index (Phi) is 5.57. The van der Waals surface area contributed by atoms with E-state index in [4.69, 9.17) is 4.42 Å². The molecule has 18 heavy (non-hydrogen) atoms. The second-order valence-electron chi connectivity index (χ2n) is 4.20. The maximum atomic E-state index is 11.3. The Morgan fingerprint density at radius 1 is 1.44 bits per heavy atom. The summed E-state index contributed by atoms with van der Waals surface area (Å²) in [6, 6.07) is 0.732. The largest absolute Gasteiger partial charge is 0.407 e. The molecular formula is C11H21N5O2. The number of amides is 1. The van der Waals surface area contributed by atoms with Crippen molar-refractivity contribution in [2.75, 3.05) is 25.0 Å². The molecule has 7 nitrogen and oxygen atoms in total. The molecule has 1 amide bonds. The van der Waals surface area contributed by atoms with E-state index < -0.39 is 0 Å². The Labute approximate surface area is 107 Å². The highest BCUT2D eigenvalue weighted by Gasteiger charge is 2.15. The van der Waals surface area contributed by atoms with Crippen molar-refractivity contribution in [3.8, 4) is 0 Å². The Hall–Kier alpha value is -1.63. The van der Waals surface area contributed by atoms with Crippen LogP contribution < -0.4 is 15.5 Å². The lowest BCUT2D eigenvalue weighted by Crippen LogP contribution is -2.35. The SMILES string of the molecule is CCN(CC(=O)NC)c1nnc(CNC(C)C)o1. The van der Waals surface area contributed by atoms with Crippen LogP contribution in [-0.2, 0) is 11.3 Å². The quantitative estimate of drug-likeness (QED) is 0.721. The molecule has 0 fully saturated rings. The summed E-state index contributed by atoms with van der Waals surface area (Å²) in [5, 5.41) is 13.6. The molecule has 0 aromatic carbocycles. The minimum atomic E-state index is -0.0862. The van der Waals surface area contributed by atoms with E-state index >= 15 is 0 Å². The van der Waals surface area contributed by atoms with Gasteiger partial charge in [-0.05, 0) is 6.92 Å². The number of anilines is 1.